The highest BCUT2D eigenvalue weighted by Crippen LogP contribution is 2.40. The second-order valence-electron chi connectivity index (χ2n) is 10.0. The molecule has 1 unspecified atom stereocenters. The largest absolute Gasteiger partial charge is 0.840 e. The molecule has 1 aliphatic rings. The topological polar surface area (TPSA) is 71.2 Å². The van der Waals surface area contributed by atoms with E-state index in [0.717, 1.165) is 38.6 Å². The number of halogens is 2. The van der Waals surface area contributed by atoms with Gasteiger partial charge in [-0.05, 0) is 23.7 Å². The summed E-state index contributed by atoms with van der Waals surface area (Å²) in [4.78, 5) is 4.65. The van der Waals surface area contributed by atoms with Gasteiger partial charge in [0.1, 0.15) is 10.8 Å². The Hall–Kier alpha value is -2.12. The molecule has 6 nitrogen and oxygen atoms in total. The van der Waals surface area contributed by atoms with E-state index in [1.165, 1.54) is 6.42 Å². The lowest BCUT2D eigenvalue weighted by Gasteiger charge is -2.46. The van der Waals surface area contributed by atoms with Gasteiger partial charge in [0.05, 0.1) is 32.3 Å². The number of hydrogen-bond acceptors (Lipinski definition) is 5. The average molecular weight is 518 g/mol. The maximum atomic E-state index is 14.4. The Labute approximate surface area is 217 Å². The molecule has 0 bridgehead atoms. The molecule has 1 aliphatic carbocycles. The Morgan fingerprint density at radius 2 is 1.80 bits per heavy atom. The van der Waals surface area contributed by atoms with Crippen LogP contribution in [0.3, 0.4) is 0 Å². The van der Waals surface area contributed by atoms with E-state index in [-0.39, 0.29) is 11.7 Å². The summed E-state index contributed by atoms with van der Waals surface area (Å²) in [6, 6.07) is 14.9. The van der Waals surface area contributed by atoms with Crippen molar-refractivity contribution in [3.8, 4) is 5.75 Å². The van der Waals surface area contributed by atoms with E-state index < -0.39 is 5.60 Å². The first-order valence-corrected chi connectivity index (χ1v) is 13.0. The first kappa shape index (κ1) is 26.0. The van der Waals surface area contributed by atoms with Crippen LogP contribution >= 0.6 is 23.2 Å². The zero-order valence-electron chi connectivity index (χ0n) is 20.4. The predicted molar refractivity (Wildman–Crippen MR) is 135 cm³/mol. The van der Waals surface area contributed by atoms with Crippen LogP contribution in [0.2, 0.25) is 10.0 Å². The van der Waals surface area contributed by atoms with Gasteiger partial charge in [-0.1, -0.05) is 102 Å². The summed E-state index contributed by atoms with van der Waals surface area (Å²) >= 11 is 12.2. The number of rotatable bonds is 10. The van der Waals surface area contributed by atoms with Gasteiger partial charge in [-0.25, -0.2) is 0 Å². The maximum Gasteiger partial charge on any atom is 0.281 e. The molecule has 3 aromatic rings. The Balaban J connectivity index is 1.41. The molecule has 8 heteroatoms. The lowest BCUT2D eigenvalue weighted by atomic mass is 9.73. The van der Waals surface area contributed by atoms with E-state index in [9.17, 15) is 5.11 Å². The van der Waals surface area contributed by atoms with Crippen molar-refractivity contribution in [1.82, 2.24) is 10.1 Å². The smallest absolute Gasteiger partial charge is 0.281 e. The fraction of sp³-hybridized carbons (Fsp3) is 0.481. The second kappa shape index (κ2) is 11.3. The van der Waals surface area contributed by atoms with Gasteiger partial charge in [-0.2, -0.15) is 4.98 Å². The summed E-state index contributed by atoms with van der Waals surface area (Å²) < 4.78 is 12.1. The Morgan fingerprint density at radius 1 is 1.06 bits per heavy atom. The summed E-state index contributed by atoms with van der Waals surface area (Å²) in [6.45, 7) is 1.86. The van der Waals surface area contributed by atoms with Crippen LogP contribution in [0.15, 0.2) is 53.1 Å². The summed E-state index contributed by atoms with van der Waals surface area (Å²) in [5, 5.41) is 19.5. The molecule has 4 rings (SSSR count). The van der Waals surface area contributed by atoms with Gasteiger partial charge < -0.3 is 18.8 Å². The number of aromatic nitrogens is 2. The van der Waals surface area contributed by atoms with Crippen LogP contribution in [-0.2, 0) is 12.1 Å². The predicted octanol–water partition coefficient (Wildman–Crippen LogP) is 5.61. The molecule has 0 aliphatic heterocycles. The van der Waals surface area contributed by atoms with Crippen molar-refractivity contribution in [3.05, 3.63) is 75.9 Å². The van der Waals surface area contributed by atoms with Crippen molar-refractivity contribution < 1.29 is 18.8 Å². The molecule has 0 amide bonds. The zero-order chi connectivity index (χ0) is 24.9. The van der Waals surface area contributed by atoms with Crippen LogP contribution in [0, 0.1) is 5.92 Å². The molecule has 188 valence electrons. The minimum absolute atomic E-state index is 0.0398. The third kappa shape index (κ3) is 6.18. The molecule has 1 aromatic heterocycles. The molecule has 0 radical (unpaired) electrons. The lowest BCUT2D eigenvalue weighted by molar-refractivity contribution is -0.905. The Morgan fingerprint density at radius 3 is 2.54 bits per heavy atom. The van der Waals surface area contributed by atoms with Crippen molar-refractivity contribution in [3.63, 3.8) is 0 Å². The SMILES string of the molecule is C[N+](C)(CCCOc1cccc(Cl)c1Cl)Cc1nc(C([O-])(c2ccccc2)C2CCCCC2)no1. The van der Waals surface area contributed by atoms with Crippen LogP contribution in [0.5, 0.6) is 5.75 Å². The summed E-state index contributed by atoms with van der Waals surface area (Å²) in [5.74, 6) is 1.28. The van der Waals surface area contributed by atoms with Crippen LogP contribution in [0.25, 0.3) is 0 Å². The number of benzene rings is 2. The van der Waals surface area contributed by atoms with E-state index in [1.807, 2.05) is 42.5 Å². The van der Waals surface area contributed by atoms with Crippen LogP contribution in [0.4, 0.5) is 0 Å². The number of hydrogen-bond donors (Lipinski definition) is 0. The standard InChI is InChI=1S/C27H33Cl2N3O3/c1-32(2,17-10-18-34-23-16-9-15-22(28)25(23)29)19-24-30-26(31-35-24)27(33,20-11-5-3-6-12-20)21-13-7-4-8-14-21/h3,5-6,9,11-12,15-16,21H,4,7-8,10,13-14,17-19H2,1-2H3. The third-order valence-corrected chi connectivity index (χ3v) is 7.63. The maximum absolute atomic E-state index is 14.4. The van der Waals surface area contributed by atoms with Gasteiger partial charge >= 0.3 is 0 Å². The Kier molecular flexibility index (Phi) is 8.38. The third-order valence-electron chi connectivity index (χ3n) is 6.83. The molecule has 2 aromatic carbocycles. The van der Waals surface area contributed by atoms with E-state index in [1.54, 1.807) is 6.07 Å². The van der Waals surface area contributed by atoms with Crippen LogP contribution in [-0.4, -0.2) is 41.9 Å². The molecule has 1 saturated carbocycles. The molecule has 1 heterocycles. The van der Waals surface area contributed by atoms with Crippen LogP contribution in [0.1, 0.15) is 55.8 Å². The van der Waals surface area contributed by atoms with Gasteiger partial charge in [0.2, 0.25) is 0 Å². The van der Waals surface area contributed by atoms with Gasteiger partial charge in [0.25, 0.3) is 5.89 Å². The molecule has 1 atom stereocenters. The fourth-order valence-electron chi connectivity index (χ4n) is 4.93. The summed E-state index contributed by atoms with van der Waals surface area (Å²) in [6.07, 6.45) is 5.89. The van der Waals surface area contributed by atoms with E-state index in [4.69, 9.17) is 32.5 Å². The van der Waals surface area contributed by atoms with E-state index in [2.05, 4.69) is 24.2 Å². The first-order chi connectivity index (χ1) is 16.8. The molecule has 1 fully saturated rings. The Bertz CT molecular complexity index is 1100. The number of nitrogens with zero attached hydrogens (tertiary/aromatic N) is 3. The van der Waals surface area contributed by atoms with Gasteiger partial charge in [0.15, 0.2) is 12.4 Å². The highest BCUT2D eigenvalue weighted by atomic mass is 35.5. The molecular formula is C27H33Cl2N3O3. The van der Waals surface area contributed by atoms with Crippen molar-refractivity contribution >= 4 is 23.2 Å². The number of quaternary nitrogens is 1. The second-order valence-corrected chi connectivity index (χ2v) is 10.8. The monoisotopic (exact) mass is 517 g/mol. The molecule has 0 N–H and O–H groups in total. The quantitative estimate of drug-likeness (QED) is 0.258. The van der Waals surface area contributed by atoms with Gasteiger partial charge in [-0.3, -0.25) is 0 Å². The summed E-state index contributed by atoms with van der Waals surface area (Å²) in [5.41, 5.74) is -0.783. The van der Waals surface area contributed by atoms with Crippen molar-refractivity contribution in [2.75, 3.05) is 27.2 Å². The van der Waals surface area contributed by atoms with Crippen molar-refractivity contribution in [2.45, 2.75) is 50.7 Å². The summed E-state index contributed by atoms with van der Waals surface area (Å²) in [7, 11) is 4.19. The lowest BCUT2D eigenvalue weighted by Crippen LogP contribution is -2.50. The number of ether oxygens (including phenoxy) is 1. The van der Waals surface area contributed by atoms with Crippen LogP contribution < -0.4 is 9.84 Å². The minimum atomic E-state index is -1.50. The molecule has 0 saturated heterocycles. The van der Waals surface area contributed by atoms with E-state index in [0.29, 0.717) is 44.9 Å². The highest BCUT2D eigenvalue weighted by Gasteiger charge is 2.36. The first-order valence-electron chi connectivity index (χ1n) is 12.3. The van der Waals surface area contributed by atoms with E-state index >= 15 is 0 Å². The fourth-order valence-corrected chi connectivity index (χ4v) is 5.27. The van der Waals surface area contributed by atoms with Crippen molar-refractivity contribution in [1.29, 1.82) is 0 Å². The average Bonchev–Trinajstić information content (AvgIpc) is 3.33. The molecule has 35 heavy (non-hydrogen) atoms. The normalized spacial score (nSPS) is 16.7. The zero-order valence-corrected chi connectivity index (χ0v) is 21.9. The van der Waals surface area contributed by atoms with Gasteiger partial charge in [-0.15, -0.1) is 0 Å². The minimum Gasteiger partial charge on any atom is -0.840 e. The molecule has 0 spiro atoms. The van der Waals surface area contributed by atoms with Gasteiger partial charge in [0, 0.05) is 6.42 Å². The highest BCUT2D eigenvalue weighted by molar-refractivity contribution is 6.42. The van der Waals surface area contributed by atoms with Crippen molar-refractivity contribution in [2.24, 2.45) is 5.92 Å². The molecular weight excluding hydrogens is 485 g/mol.